The van der Waals surface area contributed by atoms with Crippen molar-refractivity contribution in [3.05, 3.63) is 128 Å². The predicted octanol–water partition coefficient (Wildman–Crippen LogP) is 6.88. The van der Waals surface area contributed by atoms with Crippen molar-refractivity contribution in [2.24, 2.45) is 0 Å². The quantitative estimate of drug-likeness (QED) is 0.141. The third-order valence-corrected chi connectivity index (χ3v) is 5.86. The minimum Gasteiger partial charge on any atom is -0.423 e. The van der Waals surface area contributed by atoms with E-state index >= 15 is 0 Å². The first-order valence-corrected chi connectivity index (χ1v) is 11.7. The van der Waals surface area contributed by atoms with E-state index in [0.717, 1.165) is 8.95 Å². The Morgan fingerprint density at radius 3 is 1.65 bits per heavy atom. The van der Waals surface area contributed by atoms with E-state index < -0.39 is 11.9 Å². The Bertz CT molecular complexity index is 1350. The van der Waals surface area contributed by atoms with Crippen molar-refractivity contribution in [2.75, 3.05) is 0 Å². The summed E-state index contributed by atoms with van der Waals surface area (Å²) in [6.07, 6.45) is 0. The molecular formula is C27H16Br2O5. The Kier molecular flexibility index (Phi) is 7.35. The number of carbonyl (C=O) groups excluding carboxylic acids is 3. The molecule has 0 aliphatic heterocycles. The number of ether oxygens (including phenoxy) is 2. The number of carbonyl (C=O) groups is 3. The van der Waals surface area contributed by atoms with E-state index in [1.807, 2.05) is 0 Å². The van der Waals surface area contributed by atoms with E-state index in [0.29, 0.717) is 16.7 Å². The molecule has 7 heteroatoms. The molecule has 5 nitrogen and oxygen atoms in total. The molecule has 34 heavy (non-hydrogen) atoms. The van der Waals surface area contributed by atoms with Crippen LogP contribution in [-0.2, 0) is 0 Å². The summed E-state index contributed by atoms with van der Waals surface area (Å²) in [7, 11) is 0. The lowest BCUT2D eigenvalue weighted by molar-refractivity contribution is 0.0732. The van der Waals surface area contributed by atoms with Gasteiger partial charge in [0, 0.05) is 20.6 Å². The van der Waals surface area contributed by atoms with Crippen LogP contribution in [0.15, 0.2) is 106 Å². The van der Waals surface area contributed by atoms with Crippen LogP contribution in [0, 0.1) is 0 Å². The number of esters is 2. The highest BCUT2D eigenvalue weighted by molar-refractivity contribution is 9.10. The molecule has 0 saturated carbocycles. The summed E-state index contributed by atoms with van der Waals surface area (Å²) in [6.45, 7) is 0. The topological polar surface area (TPSA) is 69.7 Å². The molecule has 0 saturated heterocycles. The van der Waals surface area contributed by atoms with Crippen molar-refractivity contribution in [3.8, 4) is 11.5 Å². The van der Waals surface area contributed by atoms with E-state index in [2.05, 4.69) is 31.9 Å². The van der Waals surface area contributed by atoms with Gasteiger partial charge in [0.2, 0.25) is 0 Å². The third-order valence-electron chi connectivity index (χ3n) is 4.81. The average molecular weight is 580 g/mol. The lowest BCUT2D eigenvalue weighted by Crippen LogP contribution is -2.13. The van der Waals surface area contributed by atoms with Crippen molar-refractivity contribution in [1.29, 1.82) is 0 Å². The maximum atomic E-state index is 13.1. The van der Waals surface area contributed by atoms with Crippen molar-refractivity contribution >= 4 is 49.6 Å². The van der Waals surface area contributed by atoms with Crippen LogP contribution in [-0.4, -0.2) is 17.7 Å². The third kappa shape index (κ3) is 5.68. The fraction of sp³-hybridized carbons (Fsp3) is 0. The van der Waals surface area contributed by atoms with Gasteiger partial charge >= 0.3 is 11.9 Å². The molecule has 0 heterocycles. The minimum atomic E-state index is -0.647. The lowest BCUT2D eigenvalue weighted by Gasteiger charge is -2.12. The zero-order chi connectivity index (χ0) is 24.1. The van der Waals surface area contributed by atoms with E-state index in [4.69, 9.17) is 9.47 Å². The molecule has 0 unspecified atom stereocenters. The summed E-state index contributed by atoms with van der Waals surface area (Å²) in [5.74, 6) is -1.44. The molecule has 0 bridgehead atoms. The van der Waals surface area contributed by atoms with Crippen molar-refractivity contribution in [1.82, 2.24) is 0 Å². The first-order chi connectivity index (χ1) is 16.4. The monoisotopic (exact) mass is 578 g/mol. The predicted molar refractivity (Wildman–Crippen MR) is 135 cm³/mol. The van der Waals surface area contributed by atoms with Crippen LogP contribution in [0.3, 0.4) is 0 Å². The Morgan fingerprint density at radius 1 is 0.559 bits per heavy atom. The minimum absolute atomic E-state index is 0.0112. The Morgan fingerprint density at radius 2 is 1.09 bits per heavy atom. The van der Waals surface area contributed by atoms with Gasteiger partial charge in [-0.25, -0.2) is 9.59 Å². The average Bonchev–Trinajstić information content (AvgIpc) is 2.85. The van der Waals surface area contributed by atoms with Crippen LogP contribution in [0.2, 0.25) is 0 Å². The molecule has 4 aromatic carbocycles. The summed E-state index contributed by atoms with van der Waals surface area (Å²) in [4.78, 5) is 38.4. The number of benzene rings is 4. The van der Waals surface area contributed by atoms with Crippen molar-refractivity contribution in [2.45, 2.75) is 0 Å². The fourth-order valence-corrected chi connectivity index (χ4v) is 3.61. The normalized spacial score (nSPS) is 10.4. The van der Waals surface area contributed by atoms with Crippen LogP contribution >= 0.6 is 31.9 Å². The summed E-state index contributed by atoms with van der Waals surface area (Å²) < 4.78 is 12.7. The first kappa shape index (κ1) is 23.6. The zero-order valence-corrected chi connectivity index (χ0v) is 20.7. The van der Waals surface area contributed by atoms with Gasteiger partial charge in [0.15, 0.2) is 5.78 Å². The van der Waals surface area contributed by atoms with Gasteiger partial charge in [0.05, 0.1) is 16.7 Å². The van der Waals surface area contributed by atoms with Gasteiger partial charge in [-0.05, 0) is 60.7 Å². The van der Waals surface area contributed by atoms with Crippen LogP contribution in [0.25, 0.3) is 0 Å². The van der Waals surface area contributed by atoms with E-state index in [1.54, 1.807) is 78.9 Å². The fourth-order valence-electron chi connectivity index (χ4n) is 3.08. The van der Waals surface area contributed by atoms with Gasteiger partial charge < -0.3 is 9.47 Å². The summed E-state index contributed by atoms with van der Waals surface area (Å²) in [5.41, 5.74) is 1.25. The number of rotatable bonds is 6. The lowest BCUT2D eigenvalue weighted by atomic mass is 10.0. The summed E-state index contributed by atoms with van der Waals surface area (Å²) in [5, 5.41) is 0. The Labute approximate surface area is 212 Å². The van der Waals surface area contributed by atoms with Crippen LogP contribution < -0.4 is 9.47 Å². The molecule has 0 atom stereocenters. The van der Waals surface area contributed by atoms with Crippen LogP contribution in [0.5, 0.6) is 11.5 Å². The van der Waals surface area contributed by atoms with E-state index in [9.17, 15) is 14.4 Å². The molecule has 0 spiro atoms. The summed E-state index contributed by atoms with van der Waals surface area (Å²) >= 11 is 6.65. The SMILES string of the molecule is O=C(Oc1ccc(C(=O)c2ccccc2)c(OC(=O)c2ccc(Br)cc2)c1)c1ccc(Br)cc1. The number of hydrogen-bond acceptors (Lipinski definition) is 5. The molecule has 0 aromatic heterocycles. The highest BCUT2D eigenvalue weighted by atomic mass is 79.9. The van der Waals surface area contributed by atoms with E-state index in [1.165, 1.54) is 18.2 Å². The maximum absolute atomic E-state index is 13.1. The molecule has 4 aromatic rings. The molecule has 0 fully saturated rings. The smallest absolute Gasteiger partial charge is 0.343 e. The van der Waals surface area contributed by atoms with Crippen molar-refractivity contribution < 1.29 is 23.9 Å². The Balaban J connectivity index is 1.66. The number of ketones is 1. The van der Waals surface area contributed by atoms with E-state index in [-0.39, 0.29) is 22.8 Å². The molecule has 0 radical (unpaired) electrons. The molecule has 0 N–H and O–H groups in total. The van der Waals surface area contributed by atoms with Gasteiger partial charge in [-0.3, -0.25) is 4.79 Å². The zero-order valence-electron chi connectivity index (χ0n) is 17.5. The van der Waals surface area contributed by atoms with Gasteiger partial charge in [-0.1, -0.05) is 62.2 Å². The van der Waals surface area contributed by atoms with Gasteiger partial charge in [-0.15, -0.1) is 0 Å². The number of hydrogen-bond donors (Lipinski definition) is 0. The molecule has 4 rings (SSSR count). The second-order valence-electron chi connectivity index (χ2n) is 7.15. The van der Waals surface area contributed by atoms with Crippen LogP contribution in [0.1, 0.15) is 36.6 Å². The van der Waals surface area contributed by atoms with Crippen LogP contribution in [0.4, 0.5) is 0 Å². The second-order valence-corrected chi connectivity index (χ2v) is 8.98. The standard InChI is InChI=1S/C27H16Br2O5/c28-20-10-6-18(7-11-20)26(31)33-22-14-15-23(25(30)17-4-2-1-3-5-17)24(16-22)34-27(32)19-8-12-21(29)13-9-19/h1-16H. The summed E-state index contributed by atoms with van der Waals surface area (Å²) in [6, 6.07) is 26.3. The first-order valence-electron chi connectivity index (χ1n) is 10.1. The molecule has 168 valence electrons. The Hall–Kier alpha value is -3.55. The molecule has 0 aliphatic carbocycles. The largest absolute Gasteiger partial charge is 0.423 e. The van der Waals surface area contributed by atoms with Gasteiger partial charge in [0.25, 0.3) is 0 Å². The van der Waals surface area contributed by atoms with Gasteiger partial charge in [-0.2, -0.15) is 0 Å². The molecular weight excluding hydrogens is 564 g/mol. The van der Waals surface area contributed by atoms with Gasteiger partial charge in [0.1, 0.15) is 11.5 Å². The maximum Gasteiger partial charge on any atom is 0.343 e. The van der Waals surface area contributed by atoms with Crippen molar-refractivity contribution in [3.63, 3.8) is 0 Å². The highest BCUT2D eigenvalue weighted by Crippen LogP contribution is 2.29. The highest BCUT2D eigenvalue weighted by Gasteiger charge is 2.20. The molecule has 0 aliphatic rings. The number of halogens is 2. The second kappa shape index (κ2) is 10.6. The molecule has 0 amide bonds.